The summed E-state index contributed by atoms with van der Waals surface area (Å²) in [6.45, 7) is 3.33. The monoisotopic (exact) mass is 366 g/mol. The van der Waals surface area contributed by atoms with Crippen molar-refractivity contribution in [3.05, 3.63) is 71.1 Å². The van der Waals surface area contributed by atoms with Crippen LogP contribution in [0.5, 0.6) is 0 Å². The standard InChI is InChI=1S/C21H20ClN3O/c1-15-4-10-18(11-5-15)23-20(26)14-24-13-19(25-12-2-3-21(24)25)16-6-8-17(22)9-7-16/h4-11,13H,2-3,12,14H2,1H3/p+1. The van der Waals surface area contributed by atoms with E-state index >= 15 is 0 Å². The van der Waals surface area contributed by atoms with Crippen molar-refractivity contribution in [1.29, 1.82) is 0 Å². The molecule has 0 saturated carbocycles. The Morgan fingerprint density at radius 2 is 1.88 bits per heavy atom. The van der Waals surface area contributed by atoms with Gasteiger partial charge in [0, 0.05) is 16.3 Å². The number of aryl methyl sites for hydroxylation is 1. The molecule has 4 nitrogen and oxygen atoms in total. The lowest BCUT2D eigenvalue weighted by atomic mass is 10.2. The summed E-state index contributed by atoms with van der Waals surface area (Å²) in [5, 5.41) is 3.71. The molecule has 0 radical (unpaired) electrons. The van der Waals surface area contributed by atoms with Crippen LogP contribution in [-0.2, 0) is 24.3 Å². The predicted molar refractivity (Wildman–Crippen MR) is 103 cm³/mol. The van der Waals surface area contributed by atoms with Crippen LogP contribution in [-0.4, -0.2) is 10.5 Å². The minimum Gasteiger partial charge on any atom is -0.323 e. The van der Waals surface area contributed by atoms with E-state index < -0.39 is 0 Å². The third-order valence-electron chi connectivity index (χ3n) is 4.78. The molecule has 0 aliphatic carbocycles. The molecular formula is C21H21ClN3O+. The zero-order chi connectivity index (χ0) is 18.1. The first-order valence-electron chi connectivity index (χ1n) is 8.84. The number of halogens is 1. The SMILES string of the molecule is Cc1ccc(NC(=O)C[n+]2cc(-c3ccc(Cl)cc3)n3c2CCC3)cc1. The number of nitrogens with one attached hydrogen (secondary N) is 1. The number of hydrogen-bond acceptors (Lipinski definition) is 1. The van der Waals surface area contributed by atoms with Crippen molar-refractivity contribution in [2.45, 2.75) is 32.9 Å². The molecule has 0 unspecified atom stereocenters. The highest BCUT2D eigenvalue weighted by molar-refractivity contribution is 6.30. The second kappa shape index (κ2) is 6.96. The smallest absolute Gasteiger partial charge is 0.266 e. The number of nitrogens with zero attached hydrogens (tertiary/aromatic N) is 2. The van der Waals surface area contributed by atoms with E-state index in [0.717, 1.165) is 41.4 Å². The lowest BCUT2D eigenvalue weighted by Crippen LogP contribution is -2.42. The molecule has 0 saturated heterocycles. The summed E-state index contributed by atoms with van der Waals surface area (Å²) < 4.78 is 4.38. The van der Waals surface area contributed by atoms with Crippen LogP contribution in [0, 0.1) is 6.92 Å². The number of aromatic nitrogens is 2. The molecule has 1 N–H and O–H groups in total. The number of hydrogen-bond donors (Lipinski definition) is 1. The zero-order valence-electron chi connectivity index (χ0n) is 14.7. The molecule has 0 fully saturated rings. The van der Waals surface area contributed by atoms with E-state index in [1.807, 2.05) is 55.5 Å². The van der Waals surface area contributed by atoms with E-state index in [0.29, 0.717) is 6.54 Å². The van der Waals surface area contributed by atoms with E-state index in [4.69, 9.17) is 11.6 Å². The van der Waals surface area contributed by atoms with Crippen molar-refractivity contribution in [2.75, 3.05) is 5.32 Å². The number of anilines is 1. The maximum Gasteiger partial charge on any atom is 0.266 e. The molecular weight excluding hydrogens is 346 g/mol. The fraction of sp³-hybridized carbons (Fsp3) is 0.238. The lowest BCUT2D eigenvalue weighted by molar-refractivity contribution is -0.690. The van der Waals surface area contributed by atoms with Crippen molar-refractivity contribution in [2.24, 2.45) is 0 Å². The van der Waals surface area contributed by atoms with Crippen LogP contribution in [0.2, 0.25) is 5.02 Å². The van der Waals surface area contributed by atoms with Crippen LogP contribution in [0.4, 0.5) is 5.69 Å². The van der Waals surface area contributed by atoms with Gasteiger partial charge in [0.2, 0.25) is 0 Å². The Labute approximate surface area is 158 Å². The van der Waals surface area contributed by atoms with Gasteiger partial charge in [-0.3, -0.25) is 4.79 Å². The minimum absolute atomic E-state index is 0.0122. The molecule has 4 rings (SSSR count). The average Bonchev–Trinajstić information content (AvgIpc) is 3.22. The first kappa shape index (κ1) is 16.9. The molecule has 2 heterocycles. The number of carbonyl (C=O) groups is 1. The van der Waals surface area contributed by atoms with Gasteiger partial charge in [-0.1, -0.05) is 29.3 Å². The van der Waals surface area contributed by atoms with Crippen LogP contribution in [0.25, 0.3) is 11.3 Å². The average molecular weight is 367 g/mol. The molecule has 1 aliphatic rings. The van der Waals surface area contributed by atoms with Crippen molar-refractivity contribution < 1.29 is 9.36 Å². The van der Waals surface area contributed by atoms with Crippen molar-refractivity contribution >= 4 is 23.2 Å². The van der Waals surface area contributed by atoms with Gasteiger partial charge in [-0.15, -0.1) is 0 Å². The van der Waals surface area contributed by atoms with Gasteiger partial charge in [0.1, 0.15) is 6.20 Å². The highest BCUT2D eigenvalue weighted by Crippen LogP contribution is 2.26. The first-order valence-corrected chi connectivity index (χ1v) is 9.22. The topological polar surface area (TPSA) is 37.9 Å². The van der Waals surface area contributed by atoms with Gasteiger partial charge in [-0.25, -0.2) is 9.13 Å². The summed E-state index contributed by atoms with van der Waals surface area (Å²) in [7, 11) is 0. The first-order chi connectivity index (χ1) is 12.6. The van der Waals surface area contributed by atoms with Gasteiger partial charge < -0.3 is 5.32 Å². The van der Waals surface area contributed by atoms with Crippen LogP contribution in [0.3, 0.4) is 0 Å². The van der Waals surface area contributed by atoms with E-state index in [1.165, 1.54) is 11.4 Å². The second-order valence-corrected chi connectivity index (χ2v) is 7.17. The number of benzene rings is 2. The molecule has 3 aromatic rings. The molecule has 2 aromatic carbocycles. The predicted octanol–water partition coefficient (Wildman–Crippen LogP) is 3.99. The molecule has 132 valence electrons. The van der Waals surface area contributed by atoms with E-state index in [1.54, 1.807) is 0 Å². The van der Waals surface area contributed by atoms with Crippen LogP contribution < -0.4 is 9.88 Å². The summed E-state index contributed by atoms with van der Waals surface area (Å²) in [5.74, 6) is 1.19. The Morgan fingerprint density at radius 1 is 1.15 bits per heavy atom. The number of fused-ring (bicyclic) bond motifs is 1. The van der Waals surface area contributed by atoms with Crippen LogP contribution in [0.15, 0.2) is 54.7 Å². The van der Waals surface area contributed by atoms with Crippen molar-refractivity contribution in [3.8, 4) is 11.3 Å². The highest BCUT2D eigenvalue weighted by Gasteiger charge is 2.29. The highest BCUT2D eigenvalue weighted by atomic mass is 35.5. The second-order valence-electron chi connectivity index (χ2n) is 6.73. The summed E-state index contributed by atoms with van der Waals surface area (Å²) >= 11 is 6.01. The van der Waals surface area contributed by atoms with Crippen LogP contribution >= 0.6 is 11.6 Å². The lowest BCUT2D eigenvalue weighted by Gasteiger charge is -2.04. The van der Waals surface area contributed by atoms with Crippen molar-refractivity contribution in [1.82, 2.24) is 4.57 Å². The van der Waals surface area contributed by atoms with Crippen LogP contribution in [0.1, 0.15) is 17.8 Å². The molecule has 1 aromatic heterocycles. The molecule has 26 heavy (non-hydrogen) atoms. The molecule has 5 heteroatoms. The molecule has 0 bridgehead atoms. The van der Waals surface area contributed by atoms with Gasteiger partial charge in [-0.05, 0) is 49.7 Å². The van der Waals surface area contributed by atoms with Gasteiger partial charge in [0.05, 0.1) is 13.0 Å². The van der Waals surface area contributed by atoms with E-state index in [9.17, 15) is 4.79 Å². The summed E-state index contributed by atoms with van der Waals surface area (Å²) in [6, 6.07) is 15.7. The third-order valence-corrected chi connectivity index (χ3v) is 5.04. The Kier molecular flexibility index (Phi) is 4.51. The normalized spacial score (nSPS) is 12.8. The summed E-state index contributed by atoms with van der Waals surface area (Å²) in [4.78, 5) is 12.5. The Morgan fingerprint density at radius 3 is 2.62 bits per heavy atom. The third kappa shape index (κ3) is 3.37. The Bertz CT molecular complexity index is 943. The molecule has 0 spiro atoms. The zero-order valence-corrected chi connectivity index (χ0v) is 15.5. The van der Waals surface area contributed by atoms with Gasteiger partial charge in [0.25, 0.3) is 11.7 Å². The van der Waals surface area contributed by atoms with E-state index in [2.05, 4.69) is 20.6 Å². The number of amides is 1. The van der Waals surface area contributed by atoms with E-state index in [-0.39, 0.29) is 5.91 Å². The maximum absolute atomic E-state index is 12.5. The van der Waals surface area contributed by atoms with Gasteiger partial charge in [-0.2, -0.15) is 0 Å². The number of rotatable bonds is 4. The van der Waals surface area contributed by atoms with Gasteiger partial charge in [0.15, 0.2) is 12.2 Å². The summed E-state index contributed by atoms with van der Waals surface area (Å²) in [5.41, 5.74) is 4.26. The number of carbonyl (C=O) groups excluding carboxylic acids is 1. The largest absolute Gasteiger partial charge is 0.323 e. The fourth-order valence-electron chi connectivity index (χ4n) is 3.49. The van der Waals surface area contributed by atoms with Crippen molar-refractivity contribution in [3.63, 3.8) is 0 Å². The molecule has 1 aliphatic heterocycles. The Hall–Kier alpha value is -2.59. The molecule has 0 atom stereocenters. The quantitative estimate of drug-likeness (QED) is 0.696. The fourth-order valence-corrected chi connectivity index (χ4v) is 3.62. The number of imidazole rings is 1. The maximum atomic E-state index is 12.5. The molecule has 1 amide bonds. The minimum atomic E-state index is -0.0122. The van der Waals surface area contributed by atoms with Gasteiger partial charge >= 0.3 is 0 Å². The Balaban J connectivity index is 1.57. The summed E-state index contributed by atoms with van der Waals surface area (Å²) in [6.07, 6.45) is 4.17.